The van der Waals surface area contributed by atoms with Gasteiger partial charge in [0.25, 0.3) is 0 Å². The lowest BCUT2D eigenvalue weighted by Crippen LogP contribution is -2.46. The van der Waals surface area contributed by atoms with Gasteiger partial charge in [-0.3, -0.25) is 9.59 Å². The standard InChI is InChI=1S/C10H18N2O4/c1-7(10(15)11-3-4-16-2)12-6-8(13)5-9(12)14/h7-8,13H,3-6H2,1-2H3,(H,11,15). The van der Waals surface area contributed by atoms with Gasteiger partial charge in [0.05, 0.1) is 19.1 Å². The molecule has 0 aromatic heterocycles. The Labute approximate surface area is 94.6 Å². The normalized spacial score (nSPS) is 22.3. The molecule has 1 rings (SSSR count). The van der Waals surface area contributed by atoms with Crippen LogP contribution in [0.4, 0.5) is 0 Å². The van der Waals surface area contributed by atoms with Gasteiger partial charge in [0.15, 0.2) is 0 Å². The SMILES string of the molecule is COCCNC(=O)C(C)N1CC(O)CC1=O. The molecule has 16 heavy (non-hydrogen) atoms. The smallest absolute Gasteiger partial charge is 0.242 e. The zero-order chi connectivity index (χ0) is 12.1. The molecule has 2 N–H and O–H groups in total. The molecule has 92 valence electrons. The van der Waals surface area contributed by atoms with Crippen LogP contribution in [0.15, 0.2) is 0 Å². The molecule has 1 saturated heterocycles. The van der Waals surface area contributed by atoms with Gasteiger partial charge in [-0.2, -0.15) is 0 Å². The van der Waals surface area contributed by atoms with E-state index in [0.717, 1.165) is 0 Å². The van der Waals surface area contributed by atoms with Crippen LogP contribution in [0.1, 0.15) is 13.3 Å². The summed E-state index contributed by atoms with van der Waals surface area (Å²) in [6.45, 7) is 2.75. The van der Waals surface area contributed by atoms with Crippen molar-refractivity contribution in [2.75, 3.05) is 26.8 Å². The molecule has 1 aliphatic heterocycles. The molecule has 6 heteroatoms. The van der Waals surface area contributed by atoms with E-state index in [4.69, 9.17) is 4.74 Å². The summed E-state index contributed by atoms with van der Waals surface area (Å²) in [6.07, 6.45) is -0.544. The summed E-state index contributed by atoms with van der Waals surface area (Å²) in [5.41, 5.74) is 0. The molecule has 0 aliphatic carbocycles. The first-order valence-corrected chi connectivity index (χ1v) is 5.30. The zero-order valence-electron chi connectivity index (χ0n) is 9.60. The highest BCUT2D eigenvalue weighted by molar-refractivity contribution is 5.88. The number of hydrogen-bond donors (Lipinski definition) is 2. The molecule has 2 atom stereocenters. The van der Waals surface area contributed by atoms with Crippen LogP contribution >= 0.6 is 0 Å². The minimum absolute atomic E-state index is 0.107. The molecule has 1 heterocycles. The van der Waals surface area contributed by atoms with Crippen LogP contribution in [-0.4, -0.2) is 60.8 Å². The molecule has 1 aliphatic rings. The first-order chi connectivity index (χ1) is 7.56. The fourth-order valence-corrected chi connectivity index (χ4v) is 1.65. The Morgan fingerprint density at radius 2 is 2.44 bits per heavy atom. The largest absolute Gasteiger partial charge is 0.391 e. The molecule has 1 fully saturated rings. The number of rotatable bonds is 5. The number of aliphatic hydroxyl groups excluding tert-OH is 1. The van der Waals surface area contributed by atoms with Gasteiger partial charge in [0.1, 0.15) is 6.04 Å². The summed E-state index contributed by atoms with van der Waals surface area (Å²) in [6, 6.07) is -0.540. The van der Waals surface area contributed by atoms with Crippen LogP contribution in [0.3, 0.4) is 0 Å². The van der Waals surface area contributed by atoms with Crippen molar-refractivity contribution >= 4 is 11.8 Å². The molecule has 0 saturated carbocycles. The highest BCUT2D eigenvalue weighted by Gasteiger charge is 2.34. The van der Waals surface area contributed by atoms with Crippen LogP contribution in [-0.2, 0) is 14.3 Å². The van der Waals surface area contributed by atoms with Gasteiger partial charge >= 0.3 is 0 Å². The highest BCUT2D eigenvalue weighted by Crippen LogP contribution is 2.14. The monoisotopic (exact) mass is 230 g/mol. The Bertz CT molecular complexity index is 270. The third-order valence-electron chi connectivity index (χ3n) is 2.59. The number of nitrogens with zero attached hydrogens (tertiary/aromatic N) is 1. The van der Waals surface area contributed by atoms with E-state index in [1.54, 1.807) is 14.0 Å². The molecule has 0 spiro atoms. The Balaban J connectivity index is 2.41. The van der Waals surface area contributed by atoms with E-state index >= 15 is 0 Å². The topological polar surface area (TPSA) is 78.9 Å². The molecular weight excluding hydrogens is 212 g/mol. The Morgan fingerprint density at radius 1 is 1.75 bits per heavy atom. The maximum absolute atomic E-state index is 11.6. The van der Waals surface area contributed by atoms with E-state index in [9.17, 15) is 14.7 Å². The number of β-amino-alcohol motifs (C(OH)–C–C–N with tert-alkyl or cyclic N) is 1. The molecule has 0 radical (unpaired) electrons. The van der Waals surface area contributed by atoms with Gasteiger partial charge < -0.3 is 20.1 Å². The van der Waals surface area contributed by atoms with Gasteiger partial charge in [-0.15, -0.1) is 0 Å². The number of ether oxygens (including phenoxy) is 1. The van der Waals surface area contributed by atoms with Crippen molar-refractivity contribution in [1.82, 2.24) is 10.2 Å². The van der Waals surface area contributed by atoms with Crippen molar-refractivity contribution in [2.45, 2.75) is 25.5 Å². The van der Waals surface area contributed by atoms with Crippen LogP contribution in [0.5, 0.6) is 0 Å². The van der Waals surface area contributed by atoms with Crippen molar-refractivity contribution in [2.24, 2.45) is 0 Å². The van der Waals surface area contributed by atoms with E-state index in [0.29, 0.717) is 13.2 Å². The number of nitrogens with one attached hydrogen (secondary N) is 1. The number of likely N-dealkylation sites (tertiary alicyclic amines) is 1. The first-order valence-electron chi connectivity index (χ1n) is 5.30. The fraction of sp³-hybridized carbons (Fsp3) is 0.800. The Morgan fingerprint density at radius 3 is 2.94 bits per heavy atom. The van der Waals surface area contributed by atoms with Gasteiger partial charge in [-0.25, -0.2) is 0 Å². The summed E-state index contributed by atoms with van der Waals surface area (Å²) in [4.78, 5) is 24.4. The second-order valence-electron chi connectivity index (χ2n) is 3.86. The molecule has 0 aromatic rings. The number of carbonyl (C=O) groups excluding carboxylic acids is 2. The van der Waals surface area contributed by atoms with E-state index in [-0.39, 0.29) is 24.8 Å². The predicted molar refractivity (Wildman–Crippen MR) is 56.7 cm³/mol. The number of amides is 2. The minimum Gasteiger partial charge on any atom is -0.391 e. The number of hydrogen-bond acceptors (Lipinski definition) is 4. The summed E-state index contributed by atoms with van der Waals surface area (Å²) in [5, 5.41) is 12.0. The summed E-state index contributed by atoms with van der Waals surface area (Å²) in [7, 11) is 1.55. The fourth-order valence-electron chi connectivity index (χ4n) is 1.65. The predicted octanol–water partition coefficient (Wildman–Crippen LogP) is -1.27. The first kappa shape index (κ1) is 12.9. The molecule has 2 unspecified atom stereocenters. The van der Waals surface area contributed by atoms with Gasteiger partial charge in [-0.1, -0.05) is 0 Å². The van der Waals surface area contributed by atoms with E-state index < -0.39 is 12.1 Å². The average molecular weight is 230 g/mol. The van der Waals surface area contributed by atoms with Crippen LogP contribution in [0.2, 0.25) is 0 Å². The molecular formula is C10H18N2O4. The molecule has 0 aromatic carbocycles. The lowest BCUT2D eigenvalue weighted by molar-refractivity contribution is -0.136. The summed E-state index contributed by atoms with van der Waals surface area (Å²) < 4.78 is 4.80. The second-order valence-corrected chi connectivity index (χ2v) is 3.86. The lowest BCUT2D eigenvalue weighted by Gasteiger charge is -2.23. The number of methoxy groups -OCH3 is 1. The van der Waals surface area contributed by atoms with Gasteiger partial charge in [0.2, 0.25) is 11.8 Å². The van der Waals surface area contributed by atoms with E-state index in [1.807, 2.05) is 0 Å². The van der Waals surface area contributed by atoms with E-state index in [2.05, 4.69) is 5.32 Å². The maximum atomic E-state index is 11.6. The number of aliphatic hydroxyl groups is 1. The lowest BCUT2D eigenvalue weighted by atomic mass is 10.2. The second kappa shape index (κ2) is 5.81. The minimum atomic E-state index is -0.651. The van der Waals surface area contributed by atoms with Gasteiger partial charge in [-0.05, 0) is 6.92 Å². The molecule has 0 bridgehead atoms. The Hall–Kier alpha value is -1.14. The van der Waals surface area contributed by atoms with Crippen LogP contribution in [0.25, 0.3) is 0 Å². The summed E-state index contributed by atoms with van der Waals surface area (Å²) in [5.74, 6) is -0.401. The van der Waals surface area contributed by atoms with Crippen molar-refractivity contribution in [3.8, 4) is 0 Å². The van der Waals surface area contributed by atoms with Gasteiger partial charge in [0, 0.05) is 20.2 Å². The highest BCUT2D eigenvalue weighted by atomic mass is 16.5. The van der Waals surface area contributed by atoms with E-state index in [1.165, 1.54) is 4.90 Å². The van der Waals surface area contributed by atoms with Crippen molar-refractivity contribution < 1.29 is 19.4 Å². The zero-order valence-corrected chi connectivity index (χ0v) is 9.60. The van der Waals surface area contributed by atoms with Crippen molar-refractivity contribution in [3.05, 3.63) is 0 Å². The quantitative estimate of drug-likeness (QED) is 0.577. The molecule has 6 nitrogen and oxygen atoms in total. The number of carbonyl (C=O) groups is 2. The average Bonchev–Trinajstić information content (AvgIpc) is 2.57. The van der Waals surface area contributed by atoms with Crippen LogP contribution in [0, 0.1) is 0 Å². The summed E-state index contributed by atoms with van der Waals surface area (Å²) >= 11 is 0. The van der Waals surface area contributed by atoms with Crippen molar-refractivity contribution in [3.63, 3.8) is 0 Å². The Kier molecular flexibility index (Phi) is 4.70. The van der Waals surface area contributed by atoms with Crippen LogP contribution < -0.4 is 5.32 Å². The molecule has 2 amide bonds. The third-order valence-corrected chi connectivity index (χ3v) is 2.59. The van der Waals surface area contributed by atoms with Crippen molar-refractivity contribution in [1.29, 1.82) is 0 Å². The maximum Gasteiger partial charge on any atom is 0.242 e. The third kappa shape index (κ3) is 3.18.